The van der Waals surface area contributed by atoms with Gasteiger partial charge in [-0.1, -0.05) is 0 Å². The number of carbonyl (C=O) groups is 1. The highest BCUT2D eigenvalue weighted by Crippen LogP contribution is 2.32. The number of aromatic nitrogens is 2. The van der Waals surface area contributed by atoms with E-state index < -0.39 is 23.5 Å². The second kappa shape index (κ2) is 7.79. The van der Waals surface area contributed by atoms with Crippen molar-refractivity contribution in [3.63, 3.8) is 0 Å². The molecule has 3 aromatic rings. The first-order valence-corrected chi connectivity index (χ1v) is 9.79. The third-order valence-electron chi connectivity index (χ3n) is 5.33. The number of fused-ring (bicyclic) bond motifs is 1. The molecule has 1 aliphatic carbocycles. The van der Waals surface area contributed by atoms with Crippen LogP contribution in [0.4, 0.5) is 23.4 Å². The molecule has 0 aliphatic heterocycles. The highest BCUT2D eigenvalue weighted by Gasteiger charge is 2.32. The number of carbonyl (C=O) groups excluding carboxylic acids is 1. The summed E-state index contributed by atoms with van der Waals surface area (Å²) in [7, 11) is 0. The van der Waals surface area contributed by atoms with Crippen molar-refractivity contribution in [3.8, 4) is 0 Å². The van der Waals surface area contributed by atoms with Gasteiger partial charge < -0.3 is 10.6 Å². The lowest BCUT2D eigenvalue weighted by atomic mass is 10.1. The summed E-state index contributed by atoms with van der Waals surface area (Å²) in [4.78, 5) is 22.6. The summed E-state index contributed by atoms with van der Waals surface area (Å²) in [6.07, 6.45) is -1.84. The van der Waals surface area contributed by atoms with Gasteiger partial charge >= 0.3 is 6.18 Å². The monoisotopic (exact) mass is 432 g/mol. The standard InChI is InChI=1S/C22H20F4N4O/c1-12-6-14-7-17(18(23)8-19(14)29-20(12)27)21(31)30(10-13-2-3-13)11-16-5-4-15(9-28-16)22(24,25)26/h4-9,13H,2-3,10-11H2,1H3,(H2,27,29). The van der Waals surface area contributed by atoms with Crippen LogP contribution in [0.5, 0.6) is 0 Å². The lowest BCUT2D eigenvalue weighted by Gasteiger charge is -2.23. The van der Waals surface area contributed by atoms with E-state index in [2.05, 4.69) is 9.97 Å². The minimum absolute atomic E-state index is 0.00996. The molecular formula is C22H20F4N4O. The van der Waals surface area contributed by atoms with Crippen LogP contribution >= 0.6 is 0 Å². The normalized spacial score (nSPS) is 14.1. The molecule has 0 atom stereocenters. The van der Waals surface area contributed by atoms with Gasteiger partial charge in [-0.2, -0.15) is 13.2 Å². The fourth-order valence-corrected chi connectivity index (χ4v) is 3.36. The first kappa shape index (κ1) is 21.0. The number of amides is 1. The van der Waals surface area contributed by atoms with Crippen LogP contribution in [0.15, 0.2) is 36.5 Å². The molecule has 1 fully saturated rings. The van der Waals surface area contributed by atoms with Crippen LogP contribution in [0.3, 0.4) is 0 Å². The number of benzene rings is 1. The predicted molar refractivity (Wildman–Crippen MR) is 108 cm³/mol. The molecule has 2 N–H and O–H groups in total. The van der Waals surface area contributed by atoms with Crippen molar-refractivity contribution in [2.75, 3.05) is 12.3 Å². The van der Waals surface area contributed by atoms with Crippen LogP contribution in [-0.4, -0.2) is 27.3 Å². The predicted octanol–water partition coefficient (Wildman–Crippen LogP) is 4.73. The number of pyridine rings is 2. The van der Waals surface area contributed by atoms with Crippen molar-refractivity contribution in [2.45, 2.75) is 32.5 Å². The molecule has 0 saturated heterocycles. The first-order valence-electron chi connectivity index (χ1n) is 9.79. The molecule has 1 saturated carbocycles. The maximum Gasteiger partial charge on any atom is 0.417 e. The van der Waals surface area contributed by atoms with Crippen LogP contribution in [-0.2, 0) is 12.7 Å². The van der Waals surface area contributed by atoms with Gasteiger partial charge in [-0.25, -0.2) is 9.37 Å². The number of hydrogen-bond donors (Lipinski definition) is 1. The zero-order valence-corrected chi connectivity index (χ0v) is 16.7. The molecule has 0 unspecified atom stereocenters. The molecule has 2 heterocycles. The van der Waals surface area contributed by atoms with E-state index >= 15 is 0 Å². The number of nitrogen functional groups attached to an aromatic ring is 1. The fraction of sp³-hybridized carbons (Fsp3) is 0.318. The Balaban J connectivity index is 1.64. The van der Waals surface area contributed by atoms with Crippen molar-refractivity contribution >= 4 is 22.6 Å². The van der Waals surface area contributed by atoms with Crippen molar-refractivity contribution in [1.29, 1.82) is 0 Å². The fourth-order valence-electron chi connectivity index (χ4n) is 3.36. The Kier molecular flexibility index (Phi) is 5.28. The summed E-state index contributed by atoms with van der Waals surface area (Å²) in [5.74, 6) is -0.683. The number of hydrogen-bond acceptors (Lipinski definition) is 4. The summed E-state index contributed by atoms with van der Waals surface area (Å²) in [5, 5.41) is 0.579. The van der Waals surface area contributed by atoms with E-state index in [1.54, 1.807) is 13.0 Å². The van der Waals surface area contributed by atoms with Gasteiger partial charge in [0.2, 0.25) is 0 Å². The average molecular weight is 432 g/mol. The number of rotatable bonds is 5. The largest absolute Gasteiger partial charge is 0.417 e. The molecule has 4 rings (SSSR count). The van der Waals surface area contributed by atoms with Crippen LogP contribution in [0.1, 0.15) is 40.0 Å². The van der Waals surface area contributed by atoms with Crippen LogP contribution in [0.25, 0.3) is 10.9 Å². The molecule has 5 nitrogen and oxygen atoms in total. The van der Waals surface area contributed by atoms with Gasteiger partial charge in [0.05, 0.1) is 28.9 Å². The number of alkyl halides is 3. The lowest BCUT2D eigenvalue weighted by molar-refractivity contribution is -0.137. The molecule has 2 aromatic heterocycles. The number of anilines is 1. The third kappa shape index (κ3) is 4.60. The average Bonchev–Trinajstić information content (AvgIpc) is 3.52. The third-order valence-corrected chi connectivity index (χ3v) is 5.33. The van der Waals surface area contributed by atoms with Crippen molar-refractivity contribution in [3.05, 3.63) is 64.7 Å². The van der Waals surface area contributed by atoms with Crippen molar-refractivity contribution < 1.29 is 22.4 Å². The molecule has 162 valence electrons. The zero-order chi connectivity index (χ0) is 22.3. The molecule has 1 amide bonds. The minimum atomic E-state index is -4.49. The quantitative estimate of drug-likeness (QED) is 0.592. The van der Waals surface area contributed by atoms with Gasteiger partial charge in [0.1, 0.15) is 11.6 Å². The molecule has 0 radical (unpaired) electrons. The van der Waals surface area contributed by atoms with Crippen LogP contribution in [0, 0.1) is 18.7 Å². The van der Waals surface area contributed by atoms with E-state index in [-0.39, 0.29) is 17.9 Å². The second-order valence-corrected chi connectivity index (χ2v) is 7.88. The summed E-state index contributed by atoms with van der Waals surface area (Å²) in [5.41, 5.74) is 6.15. The van der Waals surface area contributed by atoms with Crippen molar-refractivity contribution in [1.82, 2.24) is 14.9 Å². The number of halogens is 4. The smallest absolute Gasteiger partial charge is 0.383 e. The van der Waals surface area contributed by atoms with E-state index in [1.165, 1.54) is 23.1 Å². The molecule has 31 heavy (non-hydrogen) atoms. The van der Waals surface area contributed by atoms with E-state index in [4.69, 9.17) is 5.73 Å². The highest BCUT2D eigenvalue weighted by molar-refractivity contribution is 5.98. The Labute approximate surface area is 175 Å². The number of aryl methyl sites for hydroxylation is 1. The number of nitrogens with two attached hydrogens (primary N) is 1. The molecular weight excluding hydrogens is 412 g/mol. The Hall–Kier alpha value is -3.23. The van der Waals surface area contributed by atoms with Crippen molar-refractivity contribution in [2.24, 2.45) is 5.92 Å². The van der Waals surface area contributed by atoms with Gasteiger partial charge in [0.25, 0.3) is 5.91 Å². The highest BCUT2D eigenvalue weighted by atomic mass is 19.4. The maximum absolute atomic E-state index is 14.8. The van der Waals surface area contributed by atoms with Gasteiger partial charge in [-0.05, 0) is 55.5 Å². The topological polar surface area (TPSA) is 72.1 Å². The van der Waals surface area contributed by atoms with Gasteiger partial charge in [-0.3, -0.25) is 9.78 Å². The molecule has 9 heteroatoms. The molecule has 0 bridgehead atoms. The minimum Gasteiger partial charge on any atom is -0.383 e. The van der Waals surface area contributed by atoms with Crippen LogP contribution < -0.4 is 5.73 Å². The van der Waals surface area contributed by atoms with E-state index in [0.29, 0.717) is 34.6 Å². The Morgan fingerprint density at radius 2 is 1.97 bits per heavy atom. The summed E-state index contributed by atoms with van der Waals surface area (Å²) < 4.78 is 53.1. The maximum atomic E-state index is 14.8. The molecule has 0 spiro atoms. The van der Waals surface area contributed by atoms with Gasteiger partial charge in [0, 0.05) is 24.2 Å². The summed E-state index contributed by atoms with van der Waals surface area (Å²) in [6, 6.07) is 6.51. The lowest BCUT2D eigenvalue weighted by Crippen LogP contribution is -2.33. The van der Waals surface area contributed by atoms with Crippen LogP contribution in [0.2, 0.25) is 0 Å². The Bertz CT molecular complexity index is 1140. The SMILES string of the molecule is Cc1cc2cc(C(=O)N(Cc3ccc(C(F)(F)F)cn3)CC3CC3)c(F)cc2nc1N. The number of nitrogens with zero attached hydrogens (tertiary/aromatic N) is 3. The van der Waals surface area contributed by atoms with Gasteiger partial charge in [-0.15, -0.1) is 0 Å². The summed E-state index contributed by atoms with van der Waals surface area (Å²) >= 11 is 0. The van der Waals surface area contributed by atoms with Gasteiger partial charge in [0.15, 0.2) is 0 Å². The zero-order valence-electron chi connectivity index (χ0n) is 16.7. The first-order chi connectivity index (χ1) is 14.6. The van der Waals surface area contributed by atoms with E-state index in [1.807, 2.05) is 0 Å². The molecule has 1 aromatic carbocycles. The van der Waals surface area contributed by atoms with E-state index in [9.17, 15) is 22.4 Å². The Morgan fingerprint density at radius 1 is 1.23 bits per heavy atom. The molecule has 1 aliphatic rings. The second-order valence-electron chi connectivity index (χ2n) is 7.88. The summed E-state index contributed by atoms with van der Waals surface area (Å²) in [6.45, 7) is 2.14. The Morgan fingerprint density at radius 3 is 2.58 bits per heavy atom. The van der Waals surface area contributed by atoms with E-state index in [0.717, 1.165) is 25.1 Å².